The molecule has 0 aromatic carbocycles. The molecule has 0 rings (SSSR count). The second kappa shape index (κ2) is 5.29. The van der Waals surface area contributed by atoms with Crippen molar-refractivity contribution in [2.75, 3.05) is 6.26 Å². The third-order valence-corrected chi connectivity index (χ3v) is 4.19. The van der Waals surface area contributed by atoms with Gasteiger partial charge in [-0.05, 0) is 30.9 Å². The van der Waals surface area contributed by atoms with Crippen molar-refractivity contribution in [3.8, 4) is 0 Å². The van der Waals surface area contributed by atoms with Crippen molar-refractivity contribution in [3.63, 3.8) is 0 Å². The number of hydrogen-bond donors (Lipinski definition) is 0. The molecule has 0 aliphatic heterocycles. The van der Waals surface area contributed by atoms with Gasteiger partial charge >= 0.3 is 0 Å². The van der Waals surface area contributed by atoms with E-state index in [0.717, 1.165) is 0 Å². The molecule has 0 fully saturated rings. The van der Waals surface area contributed by atoms with Crippen molar-refractivity contribution < 1.29 is 0 Å². The minimum absolute atomic E-state index is 0.463. The van der Waals surface area contributed by atoms with Crippen LogP contribution in [0, 0.1) is 5.41 Å². The Balaban J connectivity index is 3.86. The first-order valence-corrected chi connectivity index (χ1v) is 6.60. The molecule has 0 radical (unpaired) electrons. The van der Waals surface area contributed by atoms with Crippen LogP contribution in [-0.2, 0) is 0 Å². The Morgan fingerprint density at radius 1 is 0.923 bits per heavy atom. The lowest BCUT2D eigenvalue weighted by Crippen LogP contribution is -2.19. The number of rotatable bonds is 6. The first kappa shape index (κ1) is 13.4. The van der Waals surface area contributed by atoms with E-state index in [4.69, 9.17) is 0 Å². The highest BCUT2D eigenvalue weighted by atomic mass is 32.2. The van der Waals surface area contributed by atoms with E-state index in [0.29, 0.717) is 10.2 Å². The zero-order valence-corrected chi connectivity index (χ0v) is 11.1. The number of thioether (sulfide) groups is 1. The van der Waals surface area contributed by atoms with Gasteiger partial charge in [-0.3, -0.25) is 0 Å². The molecule has 0 amide bonds. The fraction of sp³-hybridized carbons (Fsp3) is 1.00. The minimum Gasteiger partial charge on any atom is -0.159 e. The zero-order valence-electron chi connectivity index (χ0n) is 10.2. The molecular formula is C12H26S. The Kier molecular flexibility index (Phi) is 5.43. The molecule has 0 aliphatic rings. The van der Waals surface area contributed by atoms with Gasteiger partial charge in [-0.25, -0.2) is 0 Å². The van der Waals surface area contributed by atoms with Crippen molar-refractivity contribution in [1.29, 1.82) is 0 Å². The van der Waals surface area contributed by atoms with Gasteiger partial charge in [0.25, 0.3) is 0 Å². The first-order valence-electron chi connectivity index (χ1n) is 5.38. The highest BCUT2D eigenvalue weighted by Gasteiger charge is 2.22. The monoisotopic (exact) mass is 202 g/mol. The Bertz CT molecular complexity index is 136. The summed E-state index contributed by atoms with van der Waals surface area (Å²) >= 11 is 1.99. The van der Waals surface area contributed by atoms with Gasteiger partial charge in [-0.2, -0.15) is 11.8 Å². The van der Waals surface area contributed by atoms with Crippen LogP contribution >= 0.6 is 11.8 Å². The topological polar surface area (TPSA) is 0 Å². The highest BCUT2D eigenvalue weighted by Crippen LogP contribution is 2.35. The van der Waals surface area contributed by atoms with Crippen LogP contribution in [0.2, 0.25) is 0 Å². The maximum absolute atomic E-state index is 2.40. The lowest BCUT2D eigenvalue weighted by Gasteiger charge is -2.29. The first-order chi connectivity index (χ1) is 5.83. The van der Waals surface area contributed by atoms with Gasteiger partial charge < -0.3 is 0 Å². The molecule has 0 aromatic heterocycles. The van der Waals surface area contributed by atoms with Gasteiger partial charge in [-0.15, -0.1) is 0 Å². The summed E-state index contributed by atoms with van der Waals surface area (Å²) in [6.07, 6.45) is 7.58. The molecule has 0 heterocycles. The normalized spacial score (nSPS) is 13.4. The van der Waals surface area contributed by atoms with Crippen LogP contribution < -0.4 is 0 Å². The van der Waals surface area contributed by atoms with Crippen molar-refractivity contribution >= 4 is 11.8 Å². The molecule has 13 heavy (non-hydrogen) atoms. The molecular weight excluding hydrogens is 176 g/mol. The summed E-state index contributed by atoms with van der Waals surface area (Å²) < 4.78 is 0.463. The summed E-state index contributed by atoms with van der Waals surface area (Å²) in [5.74, 6) is 0. The predicted molar refractivity (Wildman–Crippen MR) is 65.5 cm³/mol. The van der Waals surface area contributed by atoms with E-state index in [-0.39, 0.29) is 0 Å². The third-order valence-electron chi connectivity index (χ3n) is 2.88. The molecule has 0 unspecified atom stereocenters. The van der Waals surface area contributed by atoms with Crippen LogP contribution in [-0.4, -0.2) is 11.0 Å². The largest absolute Gasteiger partial charge is 0.159 e. The van der Waals surface area contributed by atoms with E-state index >= 15 is 0 Å². The second-order valence-corrected chi connectivity index (χ2v) is 6.89. The number of hydrogen-bond acceptors (Lipinski definition) is 1. The van der Waals surface area contributed by atoms with E-state index in [1.165, 1.54) is 25.7 Å². The van der Waals surface area contributed by atoms with Crippen LogP contribution in [0.15, 0.2) is 0 Å². The van der Waals surface area contributed by atoms with Gasteiger partial charge in [0.05, 0.1) is 0 Å². The Hall–Kier alpha value is 0.350. The standard InChI is InChI=1S/C12H26S/c1-7-8-11(2,3)9-10-12(4,5)13-6/h7-10H2,1-6H3. The second-order valence-electron chi connectivity index (χ2n) is 5.38. The SMILES string of the molecule is CCCC(C)(C)CCC(C)(C)SC. The van der Waals surface area contributed by atoms with Crippen LogP contribution in [0.1, 0.15) is 60.3 Å². The summed E-state index contributed by atoms with van der Waals surface area (Å²) in [4.78, 5) is 0. The lowest BCUT2D eigenvalue weighted by atomic mass is 9.81. The summed E-state index contributed by atoms with van der Waals surface area (Å²) in [5.41, 5.74) is 0.543. The molecule has 0 aromatic rings. The van der Waals surface area contributed by atoms with Gasteiger partial charge in [0.2, 0.25) is 0 Å². The van der Waals surface area contributed by atoms with E-state index in [2.05, 4.69) is 40.9 Å². The summed E-state index contributed by atoms with van der Waals surface area (Å²) in [7, 11) is 0. The van der Waals surface area contributed by atoms with Gasteiger partial charge in [0.1, 0.15) is 0 Å². The summed E-state index contributed by atoms with van der Waals surface area (Å²) in [5, 5.41) is 0. The quantitative estimate of drug-likeness (QED) is 0.600. The smallest absolute Gasteiger partial charge is 0.0101 e. The van der Waals surface area contributed by atoms with Crippen LogP contribution in [0.3, 0.4) is 0 Å². The average Bonchev–Trinajstić information content (AvgIpc) is 2.02. The Morgan fingerprint density at radius 3 is 1.85 bits per heavy atom. The molecule has 1 heteroatoms. The van der Waals surface area contributed by atoms with E-state index in [1.807, 2.05) is 11.8 Å². The Labute approximate surface area is 88.9 Å². The predicted octanol–water partition coefficient (Wildman–Crippen LogP) is 4.73. The van der Waals surface area contributed by atoms with Gasteiger partial charge in [0, 0.05) is 4.75 Å². The minimum atomic E-state index is 0.463. The van der Waals surface area contributed by atoms with Crippen molar-refractivity contribution in [3.05, 3.63) is 0 Å². The summed E-state index contributed by atoms with van der Waals surface area (Å²) in [6.45, 7) is 11.8. The van der Waals surface area contributed by atoms with Crippen molar-refractivity contribution in [1.82, 2.24) is 0 Å². The van der Waals surface area contributed by atoms with E-state index in [1.54, 1.807) is 0 Å². The highest BCUT2D eigenvalue weighted by molar-refractivity contribution is 7.99. The fourth-order valence-corrected chi connectivity index (χ4v) is 1.85. The molecule has 80 valence electrons. The van der Waals surface area contributed by atoms with E-state index < -0.39 is 0 Å². The molecule has 0 N–H and O–H groups in total. The summed E-state index contributed by atoms with van der Waals surface area (Å²) in [6, 6.07) is 0. The molecule has 0 bridgehead atoms. The Morgan fingerprint density at radius 2 is 1.46 bits per heavy atom. The maximum atomic E-state index is 2.40. The third kappa shape index (κ3) is 6.42. The molecule has 0 nitrogen and oxygen atoms in total. The van der Waals surface area contributed by atoms with Gasteiger partial charge in [-0.1, -0.05) is 41.0 Å². The molecule has 0 saturated heterocycles. The fourth-order valence-electron chi connectivity index (χ4n) is 1.54. The van der Waals surface area contributed by atoms with E-state index in [9.17, 15) is 0 Å². The molecule has 0 atom stereocenters. The van der Waals surface area contributed by atoms with Gasteiger partial charge in [0.15, 0.2) is 0 Å². The maximum Gasteiger partial charge on any atom is 0.0101 e. The van der Waals surface area contributed by atoms with Crippen LogP contribution in [0.5, 0.6) is 0 Å². The van der Waals surface area contributed by atoms with Crippen LogP contribution in [0.25, 0.3) is 0 Å². The van der Waals surface area contributed by atoms with Crippen LogP contribution in [0.4, 0.5) is 0 Å². The van der Waals surface area contributed by atoms with Crippen molar-refractivity contribution in [2.24, 2.45) is 5.41 Å². The zero-order chi connectivity index (χ0) is 10.5. The lowest BCUT2D eigenvalue weighted by molar-refractivity contribution is 0.285. The molecule has 0 saturated carbocycles. The van der Waals surface area contributed by atoms with Crippen molar-refractivity contribution in [2.45, 2.75) is 65.0 Å². The molecule has 0 spiro atoms. The average molecular weight is 202 g/mol. The molecule has 0 aliphatic carbocycles.